The number of benzene rings is 2. The molecule has 2 heterocycles. The van der Waals surface area contributed by atoms with E-state index in [4.69, 9.17) is 23.2 Å². The third-order valence-corrected chi connectivity index (χ3v) is 5.90. The van der Waals surface area contributed by atoms with Gasteiger partial charge < -0.3 is 15.1 Å². The lowest BCUT2D eigenvalue weighted by Crippen LogP contribution is -2.47. The number of nitro groups is 1. The van der Waals surface area contributed by atoms with E-state index >= 15 is 0 Å². The van der Waals surface area contributed by atoms with Crippen LogP contribution in [-0.4, -0.2) is 41.1 Å². The van der Waals surface area contributed by atoms with Crippen LogP contribution >= 0.6 is 23.2 Å². The van der Waals surface area contributed by atoms with Gasteiger partial charge in [-0.25, -0.2) is 9.97 Å². The minimum atomic E-state index is -0.444. The zero-order chi connectivity index (χ0) is 22.0. The Kier molecular flexibility index (Phi) is 6.11. The van der Waals surface area contributed by atoms with Crippen LogP contribution in [0.2, 0.25) is 10.0 Å². The number of nitrogens with one attached hydrogen (secondary N) is 1. The van der Waals surface area contributed by atoms with Crippen LogP contribution in [0.15, 0.2) is 48.8 Å². The molecule has 0 spiro atoms. The summed E-state index contributed by atoms with van der Waals surface area (Å²) in [6.45, 7) is 4.39. The minimum absolute atomic E-state index is 0.137. The molecule has 1 saturated heterocycles. The molecule has 3 aromatic rings. The van der Waals surface area contributed by atoms with Crippen molar-refractivity contribution >= 4 is 51.9 Å². The van der Waals surface area contributed by atoms with Crippen molar-refractivity contribution < 1.29 is 4.92 Å². The summed E-state index contributed by atoms with van der Waals surface area (Å²) >= 11 is 12.3. The highest BCUT2D eigenvalue weighted by molar-refractivity contribution is 6.31. The molecule has 0 unspecified atom stereocenters. The largest absolute Gasteiger partial charge is 0.368 e. The van der Waals surface area contributed by atoms with Gasteiger partial charge in [-0.2, -0.15) is 0 Å². The zero-order valence-electron chi connectivity index (χ0n) is 16.8. The van der Waals surface area contributed by atoms with Crippen molar-refractivity contribution in [3.8, 4) is 0 Å². The van der Waals surface area contributed by atoms with Crippen molar-refractivity contribution in [2.45, 2.75) is 6.92 Å². The molecule has 0 aliphatic carbocycles. The second-order valence-electron chi connectivity index (χ2n) is 7.14. The first-order valence-corrected chi connectivity index (χ1v) is 10.5. The number of halogens is 2. The Morgan fingerprint density at radius 1 is 1.03 bits per heavy atom. The molecule has 0 atom stereocenters. The zero-order valence-corrected chi connectivity index (χ0v) is 18.3. The van der Waals surface area contributed by atoms with Crippen LogP contribution in [0.4, 0.5) is 28.7 Å². The molecular weight excluding hydrogens is 439 g/mol. The summed E-state index contributed by atoms with van der Waals surface area (Å²) in [5.41, 5.74) is 2.32. The second-order valence-corrected chi connectivity index (χ2v) is 7.99. The second kappa shape index (κ2) is 8.95. The molecule has 1 aliphatic rings. The van der Waals surface area contributed by atoms with Crippen LogP contribution in [0.25, 0.3) is 0 Å². The van der Waals surface area contributed by atoms with Gasteiger partial charge in [0.15, 0.2) is 0 Å². The molecule has 0 bridgehead atoms. The van der Waals surface area contributed by atoms with Gasteiger partial charge in [-0.15, -0.1) is 0 Å². The van der Waals surface area contributed by atoms with E-state index in [1.54, 1.807) is 18.2 Å². The standard InChI is InChI=1S/C21H20Cl2N6O2/c1-14-17(23)6-3-7-18(14)26-20-19(29(30)31)21(25-13-24-20)28-10-8-27(9-11-28)16-5-2-4-15(22)12-16/h2-7,12-13H,8-11H2,1H3,(H,24,25,26). The van der Waals surface area contributed by atoms with Gasteiger partial charge in [0.25, 0.3) is 0 Å². The van der Waals surface area contributed by atoms with Crippen LogP contribution in [0.1, 0.15) is 5.56 Å². The van der Waals surface area contributed by atoms with Gasteiger partial charge in [0.2, 0.25) is 11.6 Å². The predicted molar refractivity (Wildman–Crippen MR) is 124 cm³/mol. The average molecular weight is 459 g/mol. The molecule has 10 heteroatoms. The molecule has 8 nitrogen and oxygen atoms in total. The fraction of sp³-hybridized carbons (Fsp3) is 0.238. The van der Waals surface area contributed by atoms with Crippen LogP contribution in [0.3, 0.4) is 0 Å². The molecule has 1 N–H and O–H groups in total. The Morgan fingerprint density at radius 2 is 1.74 bits per heavy atom. The van der Waals surface area contributed by atoms with E-state index in [0.29, 0.717) is 47.7 Å². The maximum Gasteiger partial charge on any atom is 0.353 e. The Balaban J connectivity index is 1.58. The Hall–Kier alpha value is -3.10. The first-order chi connectivity index (χ1) is 14.9. The number of hydrogen-bond donors (Lipinski definition) is 1. The number of piperazine rings is 1. The molecule has 1 aromatic heterocycles. The van der Waals surface area contributed by atoms with Gasteiger partial charge in [-0.05, 0) is 42.8 Å². The molecule has 0 radical (unpaired) electrons. The van der Waals surface area contributed by atoms with E-state index in [0.717, 1.165) is 11.3 Å². The molecule has 2 aromatic carbocycles. The molecule has 0 amide bonds. The van der Waals surface area contributed by atoms with Crippen molar-refractivity contribution in [2.24, 2.45) is 0 Å². The summed E-state index contributed by atoms with van der Waals surface area (Å²) in [5, 5.41) is 16.3. The number of anilines is 4. The number of nitrogens with zero attached hydrogens (tertiary/aromatic N) is 5. The first kappa shape index (κ1) is 21.1. The number of hydrogen-bond acceptors (Lipinski definition) is 7. The van der Waals surface area contributed by atoms with Gasteiger partial charge in [0, 0.05) is 47.6 Å². The molecule has 1 aliphatic heterocycles. The quantitative estimate of drug-likeness (QED) is 0.421. The van der Waals surface area contributed by atoms with Crippen molar-refractivity contribution in [1.82, 2.24) is 9.97 Å². The molecule has 160 valence electrons. The van der Waals surface area contributed by atoms with E-state index in [2.05, 4.69) is 20.2 Å². The fourth-order valence-electron chi connectivity index (χ4n) is 3.58. The summed E-state index contributed by atoms with van der Waals surface area (Å²) in [7, 11) is 0. The molecule has 31 heavy (non-hydrogen) atoms. The summed E-state index contributed by atoms with van der Waals surface area (Å²) in [5.74, 6) is 0.436. The lowest BCUT2D eigenvalue weighted by atomic mass is 10.2. The SMILES string of the molecule is Cc1c(Cl)cccc1Nc1ncnc(N2CCN(c3cccc(Cl)c3)CC2)c1[N+](=O)[O-]. The topological polar surface area (TPSA) is 87.4 Å². The molecular formula is C21H20Cl2N6O2. The average Bonchev–Trinajstić information content (AvgIpc) is 2.77. The summed E-state index contributed by atoms with van der Waals surface area (Å²) in [6, 6.07) is 13.0. The van der Waals surface area contributed by atoms with Crippen LogP contribution in [0, 0.1) is 17.0 Å². The van der Waals surface area contributed by atoms with Crippen LogP contribution in [0.5, 0.6) is 0 Å². The predicted octanol–water partition coefficient (Wildman–Crippen LogP) is 5.07. The summed E-state index contributed by atoms with van der Waals surface area (Å²) in [6.07, 6.45) is 1.34. The third-order valence-electron chi connectivity index (χ3n) is 5.26. The number of aromatic nitrogens is 2. The van der Waals surface area contributed by atoms with Crippen molar-refractivity contribution in [3.05, 3.63) is 74.5 Å². The lowest BCUT2D eigenvalue weighted by molar-refractivity contribution is -0.383. The first-order valence-electron chi connectivity index (χ1n) is 9.71. The lowest BCUT2D eigenvalue weighted by Gasteiger charge is -2.36. The maximum absolute atomic E-state index is 12.0. The highest BCUT2D eigenvalue weighted by atomic mass is 35.5. The van der Waals surface area contributed by atoms with Crippen LogP contribution in [-0.2, 0) is 0 Å². The fourth-order valence-corrected chi connectivity index (χ4v) is 3.94. The van der Waals surface area contributed by atoms with Crippen LogP contribution < -0.4 is 15.1 Å². The summed E-state index contributed by atoms with van der Waals surface area (Å²) < 4.78 is 0. The Bertz CT molecular complexity index is 1120. The Morgan fingerprint density at radius 3 is 2.45 bits per heavy atom. The summed E-state index contributed by atoms with van der Waals surface area (Å²) in [4.78, 5) is 24.0. The maximum atomic E-state index is 12.0. The monoisotopic (exact) mass is 458 g/mol. The highest BCUT2D eigenvalue weighted by Gasteiger charge is 2.29. The van der Waals surface area contributed by atoms with E-state index < -0.39 is 4.92 Å². The molecule has 0 saturated carbocycles. The van der Waals surface area contributed by atoms with E-state index in [1.807, 2.05) is 36.1 Å². The Labute approximate surface area is 189 Å². The van der Waals surface area contributed by atoms with E-state index in [1.165, 1.54) is 6.33 Å². The van der Waals surface area contributed by atoms with E-state index in [-0.39, 0.29) is 11.5 Å². The van der Waals surface area contributed by atoms with Gasteiger partial charge >= 0.3 is 5.69 Å². The number of rotatable bonds is 5. The van der Waals surface area contributed by atoms with Gasteiger partial charge in [0.05, 0.1) is 4.92 Å². The van der Waals surface area contributed by atoms with E-state index in [9.17, 15) is 10.1 Å². The van der Waals surface area contributed by atoms with Crippen molar-refractivity contribution in [3.63, 3.8) is 0 Å². The van der Waals surface area contributed by atoms with Gasteiger partial charge in [-0.1, -0.05) is 35.3 Å². The van der Waals surface area contributed by atoms with Crippen molar-refractivity contribution in [1.29, 1.82) is 0 Å². The minimum Gasteiger partial charge on any atom is -0.368 e. The van der Waals surface area contributed by atoms with Gasteiger partial charge in [-0.3, -0.25) is 10.1 Å². The van der Waals surface area contributed by atoms with Crippen molar-refractivity contribution in [2.75, 3.05) is 41.3 Å². The smallest absolute Gasteiger partial charge is 0.353 e. The third kappa shape index (κ3) is 4.50. The van der Waals surface area contributed by atoms with Gasteiger partial charge in [0.1, 0.15) is 6.33 Å². The molecule has 4 rings (SSSR count). The normalized spacial score (nSPS) is 13.9. The highest BCUT2D eigenvalue weighted by Crippen LogP contribution is 2.35. The molecule has 1 fully saturated rings.